The maximum absolute atomic E-state index is 11.8. The summed E-state index contributed by atoms with van der Waals surface area (Å²) in [7, 11) is 0. The van der Waals surface area contributed by atoms with Crippen LogP contribution in [-0.4, -0.2) is 16.9 Å². The van der Waals surface area contributed by atoms with Crippen molar-refractivity contribution < 1.29 is 4.79 Å². The number of thiazole rings is 1. The highest BCUT2D eigenvalue weighted by atomic mass is 32.1. The molecule has 1 aromatic rings. The fraction of sp³-hybridized carbons (Fsp3) is 0.692. The molecule has 0 unspecified atom stereocenters. The largest absolute Gasteiger partial charge is 0.327 e. The third-order valence-electron chi connectivity index (χ3n) is 3.92. The van der Waals surface area contributed by atoms with Gasteiger partial charge >= 0.3 is 0 Å². The van der Waals surface area contributed by atoms with E-state index in [0.717, 1.165) is 30.1 Å². The molecule has 0 aromatic carbocycles. The lowest BCUT2D eigenvalue weighted by Gasteiger charge is -2.24. The number of rotatable bonds is 3. The fourth-order valence-electron chi connectivity index (χ4n) is 2.58. The minimum Gasteiger partial charge on any atom is -0.327 e. The van der Waals surface area contributed by atoms with Gasteiger partial charge in [0.05, 0.1) is 5.69 Å². The number of anilines is 1. The Bertz CT molecular complexity index is 453. The predicted octanol–water partition coefficient (Wildman–Crippen LogP) is 2.09. The molecule has 98 valence electrons. The molecule has 0 bridgehead atoms. The third-order valence-corrected chi connectivity index (χ3v) is 4.96. The number of hydrogen-bond donors (Lipinski definition) is 2. The number of nitrogens with one attached hydrogen (secondary N) is 1. The number of aromatic nitrogens is 1. The van der Waals surface area contributed by atoms with Crippen LogP contribution in [0.2, 0.25) is 0 Å². The Morgan fingerprint density at radius 1 is 1.44 bits per heavy atom. The highest BCUT2D eigenvalue weighted by Crippen LogP contribution is 2.31. The molecule has 1 fully saturated rings. The van der Waals surface area contributed by atoms with Crippen LogP contribution in [0.5, 0.6) is 0 Å². The summed E-state index contributed by atoms with van der Waals surface area (Å²) in [6.45, 7) is 0. The topological polar surface area (TPSA) is 68.0 Å². The van der Waals surface area contributed by atoms with Crippen LogP contribution in [0.1, 0.15) is 42.7 Å². The smallest absolute Gasteiger partial charge is 0.226 e. The lowest BCUT2D eigenvalue weighted by Crippen LogP contribution is -2.27. The zero-order chi connectivity index (χ0) is 12.5. The van der Waals surface area contributed by atoms with Gasteiger partial charge in [0.2, 0.25) is 5.91 Å². The number of amides is 1. The van der Waals surface area contributed by atoms with Crippen LogP contribution in [0.3, 0.4) is 0 Å². The van der Waals surface area contributed by atoms with Crippen molar-refractivity contribution in [1.82, 2.24) is 4.98 Å². The second-order valence-corrected chi connectivity index (χ2v) is 6.52. The van der Waals surface area contributed by atoms with Crippen LogP contribution in [0.4, 0.5) is 5.13 Å². The van der Waals surface area contributed by atoms with Gasteiger partial charge in [0, 0.05) is 17.3 Å². The number of aryl methyl sites for hydroxylation is 1. The molecule has 0 radical (unpaired) electrons. The van der Waals surface area contributed by atoms with Crippen molar-refractivity contribution in [1.29, 1.82) is 0 Å². The molecule has 3 rings (SSSR count). The van der Waals surface area contributed by atoms with E-state index < -0.39 is 0 Å². The lowest BCUT2D eigenvalue weighted by atomic mass is 9.83. The van der Waals surface area contributed by atoms with Crippen LogP contribution in [-0.2, 0) is 17.6 Å². The first-order valence-electron chi connectivity index (χ1n) is 6.74. The Balaban J connectivity index is 1.60. The van der Waals surface area contributed by atoms with Gasteiger partial charge < -0.3 is 11.1 Å². The second-order valence-electron chi connectivity index (χ2n) is 5.44. The van der Waals surface area contributed by atoms with Gasteiger partial charge in [0.1, 0.15) is 0 Å². The number of fused-ring (bicyclic) bond motifs is 1. The number of nitrogens with zero attached hydrogens (tertiary/aromatic N) is 1. The van der Waals surface area contributed by atoms with Gasteiger partial charge in [-0.25, -0.2) is 4.98 Å². The molecule has 0 aliphatic heterocycles. The normalized spacial score (nSPS) is 23.3. The Hall–Kier alpha value is -0.940. The molecular formula is C13H19N3OS. The summed E-state index contributed by atoms with van der Waals surface area (Å²) in [6.07, 6.45) is 7.21. The summed E-state index contributed by atoms with van der Waals surface area (Å²) in [5, 5.41) is 3.70. The first-order valence-corrected chi connectivity index (χ1v) is 7.56. The van der Waals surface area contributed by atoms with Gasteiger partial charge in [-0.05, 0) is 38.0 Å². The van der Waals surface area contributed by atoms with Crippen LogP contribution >= 0.6 is 11.3 Å². The molecule has 1 atom stereocenters. The van der Waals surface area contributed by atoms with Gasteiger partial charge in [-0.1, -0.05) is 6.42 Å². The van der Waals surface area contributed by atoms with Crippen LogP contribution in [0, 0.1) is 5.92 Å². The molecule has 0 spiro atoms. The van der Waals surface area contributed by atoms with Gasteiger partial charge in [-0.2, -0.15) is 0 Å². The van der Waals surface area contributed by atoms with Gasteiger partial charge in [0.25, 0.3) is 0 Å². The minimum absolute atomic E-state index is 0.120. The van der Waals surface area contributed by atoms with Crippen molar-refractivity contribution in [3.8, 4) is 0 Å². The second kappa shape index (κ2) is 4.97. The van der Waals surface area contributed by atoms with Crippen molar-refractivity contribution >= 4 is 22.4 Å². The lowest BCUT2D eigenvalue weighted by molar-refractivity contribution is -0.117. The average Bonchev–Trinajstić information content (AvgIpc) is 2.65. The molecule has 5 heteroatoms. The van der Waals surface area contributed by atoms with Crippen LogP contribution in [0.15, 0.2) is 0 Å². The van der Waals surface area contributed by atoms with Crippen LogP contribution in [0.25, 0.3) is 0 Å². The number of carbonyl (C=O) groups is 1. The van der Waals surface area contributed by atoms with E-state index in [4.69, 9.17) is 5.73 Å². The molecule has 1 heterocycles. The van der Waals surface area contributed by atoms with E-state index in [1.807, 2.05) is 0 Å². The van der Waals surface area contributed by atoms with E-state index in [-0.39, 0.29) is 11.9 Å². The van der Waals surface area contributed by atoms with Gasteiger partial charge in [0.15, 0.2) is 5.13 Å². The van der Waals surface area contributed by atoms with Crippen LogP contribution < -0.4 is 11.1 Å². The van der Waals surface area contributed by atoms with Crippen molar-refractivity contribution in [3.63, 3.8) is 0 Å². The van der Waals surface area contributed by atoms with Crippen molar-refractivity contribution in [2.24, 2.45) is 11.7 Å². The van der Waals surface area contributed by atoms with Crippen molar-refractivity contribution in [3.05, 3.63) is 10.6 Å². The van der Waals surface area contributed by atoms with Gasteiger partial charge in [-0.3, -0.25) is 4.79 Å². The monoisotopic (exact) mass is 265 g/mol. The quantitative estimate of drug-likeness (QED) is 0.879. The Labute approximate surface area is 111 Å². The van der Waals surface area contributed by atoms with E-state index in [0.29, 0.717) is 12.3 Å². The molecule has 1 aromatic heterocycles. The summed E-state index contributed by atoms with van der Waals surface area (Å²) in [4.78, 5) is 17.6. The summed E-state index contributed by atoms with van der Waals surface area (Å²) in [5.41, 5.74) is 7.08. The van der Waals surface area contributed by atoms with E-state index in [2.05, 4.69) is 10.3 Å². The first-order chi connectivity index (χ1) is 8.70. The number of carbonyl (C=O) groups excluding carboxylic acids is 1. The predicted molar refractivity (Wildman–Crippen MR) is 72.7 cm³/mol. The highest BCUT2D eigenvalue weighted by molar-refractivity contribution is 7.15. The summed E-state index contributed by atoms with van der Waals surface area (Å²) >= 11 is 1.60. The molecule has 1 saturated carbocycles. The summed E-state index contributed by atoms with van der Waals surface area (Å²) in [5.74, 6) is 0.725. The van der Waals surface area contributed by atoms with E-state index >= 15 is 0 Å². The van der Waals surface area contributed by atoms with Crippen molar-refractivity contribution in [2.45, 2.75) is 51.0 Å². The fourth-order valence-corrected chi connectivity index (χ4v) is 3.70. The standard InChI is InChI=1S/C13H19N3OS/c14-9-4-5-10-11(7-9)18-13(15-10)16-12(17)6-8-2-1-3-8/h8-9H,1-7,14H2,(H,15,16,17)/t9-/m0/s1. The molecular weight excluding hydrogens is 246 g/mol. The Kier molecular flexibility index (Phi) is 3.35. The zero-order valence-corrected chi connectivity index (χ0v) is 11.3. The molecule has 2 aliphatic rings. The molecule has 0 saturated heterocycles. The molecule has 3 N–H and O–H groups in total. The molecule has 4 nitrogen and oxygen atoms in total. The number of hydrogen-bond acceptors (Lipinski definition) is 4. The SMILES string of the molecule is N[C@H]1CCc2nc(NC(=O)CC3CCC3)sc2C1. The Morgan fingerprint density at radius 3 is 3.00 bits per heavy atom. The highest BCUT2D eigenvalue weighted by Gasteiger charge is 2.23. The maximum Gasteiger partial charge on any atom is 0.226 e. The summed E-state index contributed by atoms with van der Waals surface area (Å²) < 4.78 is 0. The van der Waals surface area contributed by atoms with E-state index in [1.165, 1.54) is 24.1 Å². The average molecular weight is 265 g/mol. The van der Waals surface area contributed by atoms with Gasteiger partial charge in [-0.15, -0.1) is 11.3 Å². The Morgan fingerprint density at radius 2 is 2.28 bits per heavy atom. The summed E-state index contributed by atoms with van der Waals surface area (Å²) in [6, 6.07) is 0.261. The molecule has 1 amide bonds. The van der Waals surface area contributed by atoms with Crippen molar-refractivity contribution in [2.75, 3.05) is 5.32 Å². The zero-order valence-electron chi connectivity index (χ0n) is 10.4. The number of nitrogens with two attached hydrogens (primary N) is 1. The minimum atomic E-state index is 0.120. The first kappa shape index (κ1) is 12.1. The maximum atomic E-state index is 11.8. The molecule has 2 aliphatic carbocycles. The third kappa shape index (κ3) is 2.57. The molecule has 18 heavy (non-hydrogen) atoms. The van der Waals surface area contributed by atoms with E-state index in [9.17, 15) is 4.79 Å². The van der Waals surface area contributed by atoms with E-state index in [1.54, 1.807) is 11.3 Å².